The zero-order chi connectivity index (χ0) is 18.5. The Labute approximate surface area is 150 Å². The predicted molar refractivity (Wildman–Crippen MR) is 88.3 cm³/mol. The Kier molecular flexibility index (Phi) is 5.37. The van der Waals surface area contributed by atoms with Crippen LogP contribution in [0.1, 0.15) is 16.1 Å². The lowest BCUT2D eigenvalue weighted by molar-refractivity contribution is -0.143. The predicted octanol–water partition coefficient (Wildman–Crippen LogP) is 3.15. The second-order valence-corrected chi connectivity index (χ2v) is 6.08. The molecule has 0 saturated heterocycles. The number of amides is 1. The number of esters is 1. The van der Waals surface area contributed by atoms with Crippen molar-refractivity contribution in [2.24, 2.45) is 0 Å². The molecule has 3 rings (SSSR count). The van der Waals surface area contributed by atoms with Gasteiger partial charge in [0.05, 0.1) is 10.4 Å². The van der Waals surface area contributed by atoms with E-state index in [9.17, 15) is 18.4 Å². The van der Waals surface area contributed by atoms with Crippen LogP contribution < -0.4 is 5.32 Å². The number of hydrogen-bond acceptors (Lipinski definition) is 6. The first-order chi connectivity index (χ1) is 12.5. The first-order valence-electron chi connectivity index (χ1n) is 7.41. The molecule has 0 fully saturated rings. The van der Waals surface area contributed by atoms with Gasteiger partial charge in [0.1, 0.15) is 30.5 Å². The minimum Gasteiger partial charge on any atom is -0.458 e. The van der Waals surface area contributed by atoms with E-state index in [0.717, 1.165) is 17.0 Å². The highest BCUT2D eigenvalue weighted by molar-refractivity contribution is 7.13. The Bertz CT molecular complexity index is 925. The van der Waals surface area contributed by atoms with Crippen molar-refractivity contribution in [3.05, 3.63) is 64.7 Å². The van der Waals surface area contributed by atoms with Crippen molar-refractivity contribution in [3.8, 4) is 10.6 Å². The van der Waals surface area contributed by atoms with E-state index in [1.807, 2.05) is 17.5 Å². The van der Waals surface area contributed by atoms with Crippen LogP contribution in [0.4, 0.5) is 8.78 Å². The van der Waals surface area contributed by atoms with Crippen LogP contribution in [-0.4, -0.2) is 23.6 Å². The second kappa shape index (κ2) is 7.87. The summed E-state index contributed by atoms with van der Waals surface area (Å²) in [4.78, 5) is 24.4. The number of carbonyl (C=O) groups excluding carboxylic acids is 2. The van der Waals surface area contributed by atoms with E-state index in [-0.39, 0.29) is 12.2 Å². The fourth-order valence-corrected chi connectivity index (χ4v) is 2.71. The van der Waals surface area contributed by atoms with Gasteiger partial charge in [0.15, 0.2) is 5.76 Å². The van der Waals surface area contributed by atoms with Crippen molar-refractivity contribution in [2.75, 3.05) is 6.54 Å². The smallest absolute Gasteiger partial charge is 0.325 e. The first kappa shape index (κ1) is 17.7. The molecule has 26 heavy (non-hydrogen) atoms. The highest BCUT2D eigenvalue weighted by Crippen LogP contribution is 2.25. The molecule has 2 heterocycles. The number of aromatic nitrogens is 1. The molecule has 0 unspecified atom stereocenters. The lowest BCUT2D eigenvalue weighted by Gasteiger charge is -2.06. The number of halogens is 2. The van der Waals surface area contributed by atoms with Gasteiger partial charge in [0, 0.05) is 12.1 Å². The molecular weight excluding hydrogens is 366 g/mol. The summed E-state index contributed by atoms with van der Waals surface area (Å²) in [5, 5.41) is 7.89. The molecule has 0 atom stereocenters. The monoisotopic (exact) mass is 378 g/mol. The van der Waals surface area contributed by atoms with Crippen molar-refractivity contribution in [3.63, 3.8) is 0 Å². The van der Waals surface area contributed by atoms with Gasteiger partial charge in [0.25, 0.3) is 5.91 Å². The zero-order valence-electron chi connectivity index (χ0n) is 13.2. The molecule has 1 N–H and O–H groups in total. The summed E-state index contributed by atoms with van der Waals surface area (Å²) < 4.78 is 36.4. The molecular formula is C17H12F2N2O4S. The van der Waals surface area contributed by atoms with E-state index in [4.69, 9.17) is 9.26 Å². The van der Waals surface area contributed by atoms with E-state index in [1.54, 1.807) is 6.07 Å². The molecule has 0 radical (unpaired) electrons. The number of carbonyl (C=O) groups is 2. The molecule has 6 nitrogen and oxygen atoms in total. The molecule has 0 aliphatic carbocycles. The van der Waals surface area contributed by atoms with Crippen LogP contribution in [0.5, 0.6) is 0 Å². The normalized spacial score (nSPS) is 10.5. The molecule has 3 aromatic rings. The van der Waals surface area contributed by atoms with Crippen molar-refractivity contribution < 1.29 is 27.6 Å². The number of nitrogens with one attached hydrogen (secondary N) is 1. The Hall–Kier alpha value is -3.07. The van der Waals surface area contributed by atoms with Gasteiger partial charge in [-0.25, -0.2) is 8.78 Å². The van der Waals surface area contributed by atoms with Crippen LogP contribution in [0.15, 0.2) is 46.3 Å². The van der Waals surface area contributed by atoms with Crippen LogP contribution >= 0.6 is 11.3 Å². The van der Waals surface area contributed by atoms with Crippen LogP contribution in [0, 0.1) is 11.6 Å². The maximum Gasteiger partial charge on any atom is 0.325 e. The Balaban J connectivity index is 1.48. The average molecular weight is 378 g/mol. The molecule has 2 aromatic heterocycles. The quantitative estimate of drug-likeness (QED) is 0.667. The summed E-state index contributed by atoms with van der Waals surface area (Å²) in [7, 11) is 0. The number of rotatable bonds is 6. The van der Waals surface area contributed by atoms with Crippen LogP contribution in [-0.2, 0) is 16.1 Å². The summed E-state index contributed by atoms with van der Waals surface area (Å²) in [6.07, 6.45) is 0. The summed E-state index contributed by atoms with van der Waals surface area (Å²) in [6, 6.07) is 7.91. The van der Waals surface area contributed by atoms with Gasteiger partial charge in [-0.3, -0.25) is 9.59 Å². The van der Waals surface area contributed by atoms with Crippen molar-refractivity contribution in [1.29, 1.82) is 0 Å². The van der Waals surface area contributed by atoms with Gasteiger partial charge < -0.3 is 14.6 Å². The molecule has 0 aliphatic rings. The summed E-state index contributed by atoms with van der Waals surface area (Å²) in [6.45, 7) is -0.597. The highest BCUT2D eigenvalue weighted by Gasteiger charge is 2.15. The minimum atomic E-state index is -1.01. The molecule has 0 aliphatic heterocycles. The molecule has 0 bridgehead atoms. The lowest BCUT2D eigenvalue weighted by atomic mass is 10.2. The third-order valence-corrected chi connectivity index (χ3v) is 4.16. The van der Waals surface area contributed by atoms with Gasteiger partial charge in [0.2, 0.25) is 0 Å². The Morgan fingerprint density at radius 3 is 2.81 bits per heavy atom. The zero-order valence-corrected chi connectivity index (χ0v) is 14.0. The maximum absolute atomic E-state index is 13.5. The maximum atomic E-state index is 13.5. The summed E-state index contributed by atoms with van der Waals surface area (Å²) >= 11 is 1.48. The van der Waals surface area contributed by atoms with Crippen molar-refractivity contribution in [2.45, 2.75) is 6.61 Å². The van der Waals surface area contributed by atoms with E-state index < -0.39 is 30.1 Å². The molecule has 0 spiro atoms. The van der Waals surface area contributed by atoms with Crippen molar-refractivity contribution >= 4 is 23.2 Å². The third-order valence-electron chi connectivity index (χ3n) is 3.27. The molecule has 0 saturated carbocycles. The third kappa shape index (κ3) is 4.31. The number of nitrogens with zero attached hydrogens (tertiary/aromatic N) is 1. The minimum absolute atomic E-state index is 0.130. The van der Waals surface area contributed by atoms with Gasteiger partial charge >= 0.3 is 5.97 Å². The number of hydrogen-bond donors (Lipinski definition) is 1. The van der Waals surface area contributed by atoms with Crippen molar-refractivity contribution in [1.82, 2.24) is 10.5 Å². The van der Waals surface area contributed by atoms with E-state index >= 15 is 0 Å². The lowest BCUT2D eigenvalue weighted by Crippen LogP contribution is -2.31. The number of thiophene rings is 1. The van der Waals surface area contributed by atoms with E-state index in [1.165, 1.54) is 11.3 Å². The van der Waals surface area contributed by atoms with Gasteiger partial charge in [-0.15, -0.1) is 11.3 Å². The number of benzene rings is 1. The fourth-order valence-electron chi connectivity index (χ4n) is 2.04. The SMILES string of the molecule is O=C(CNC(=O)c1ccc(F)cc1F)OCc1cc(-c2cccs2)on1. The molecule has 1 amide bonds. The Morgan fingerprint density at radius 2 is 2.08 bits per heavy atom. The van der Waals surface area contributed by atoms with Gasteiger partial charge in [-0.2, -0.15) is 0 Å². The topological polar surface area (TPSA) is 81.4 Å². The second-order valence-electron chi connectivity index (χ2n) is 5.13. The summed E-state index contributed by atoms with van der Waals surface area (Å²) in [5.41, 5.74) is 0.0500. The standard InChI is InChI=1S/C17H12F2N2O4S/c18-10-3-4-12(13(19)6-10)17(23)20-8-16(22)24-9-11-7-14(25-21-11)15-2-1-5-26-15/h1-7H,8-9H2,(H,20,23). The van der Waals surface area contributed by atoms with E-state index in [2.05, 4.69) is 10.5 Å². The van der Waals surface area contributed by atoms with Gasteiger partial charge in [-0.1, -0.05) is 11.2 Å². The fraction of sp³-hybridized carbons (Fsp3) is 0.118. The molecule has 134 valence electrons. The molecule has 1 aromatic carbocycles. The Morgan fingerprint density at radius 1 is 1.23 bits per heavy atom. The summed E-state index contributed by atoms with van der Waals surface area (Å²) in [5.74, 6) is -2.83. The average Bonchev–Trinajstić information content (AvgIpc) is 3.29. The van der Waals surface area contributed by atoms with Crippen LogP contribution in [0.3, 0.4) is 0 Å². The molecule has 9 heteroatoms. The largest absolute Gasteiger partial charge is 0.458 e. The van der Waals surface area contributed by atoms with E-state index in [0.29, 0.717) is 17.5 Å². The van der Waals surface area contributed by atoms with Crippen LogP contribution in [0.2, 0.25) is 0 Å². The van der Waals surface area contributed by atoms with Crippen LogP contribution in [0.25, 0.3) is 10.6 Å². The first-order valence-corrected chi connectivity index (χ1v) is 8.29. The highest BCUT2D eigenvalue weighted by atomic mass is 32.1. The number of ether oxygens (including phenoxy) is 1. The van der Waals surface area contributed by atoms with Gasteiger partial charge in [-0.05, 0) is 23.6 Å².